The maximum absolute atomic E-state index is 12.1. The molecule has 1 saturated heterocycles. The Balaban J connectivity index is 2.06. The minimum Gasteiger partial charge on any atom is -0.353 e. The highest BCUT2D eigenvalue weighted by Gasteiger charge is 2.30. The summed E-state index contributed by atoms with van der Waals surface area (Å²) >= 11 is 0. The molecule has 20 heavy (non-hydrogen) atoms. The van der Waals surface area contributed by atoms with Crippen molar-refractivity contribution in [1.82, 2.24) is 15.2 Å². The van der Waals surface area contributed by atoms with E-state index in [0.29, 0.717) is 19.5 Å². The predicted octanol–water partition coefficient (Wildman–Crippen LogP) is 0.316. The molecule has 0 aliphatic carbocycles. The van der Waals surface area contributed by atoms with Crippen LogP contribution in [0.25, 0.3) is 0 Å². The number of nitro groups is 1. The van der Waals surface area contributed by atoms with Gasteiger partial charge in [0.1, 0.15) is 0 Å². The largest absolute Gasteiger partial charge is 0.353 e. The number of aromatic amines is 1. The maximum Gasteiger partial charge on any atom is 0.287 e. The number of carbonyl (C=O) groups is 2. The average molecular weight is 280 g/mol. The number of nitrogens with zero attached hydrogens (tertiary/aromatic N) is 2. The van der Waals surface area contributed by atoms with Gasteiger partial charge in [0.25, 0.3) is 5.69 Å². The lowest BCUT2D eigenvalue weighted by Crippen LogP contribution is -2.56. The number of ketones is 1. The van der Waals surface area contributed by atoms with E-state index in [0.717, 1.165) is 0 Å². The fraction of sp³-hybridized carbons (Fsp3) is 0.500. The van der Waals surface area contributed by atoms with E-state index in [-0.39, 0.29) is 35.7 Å². The van der Waals surface area contributed by atoms with Crippen molar-refractivity contribution < 1.29 is 14.5 Å². The van der Waals surface area contributed by atoms with Crippen LogP contribution in [-0.2, 0) is 4.79 Å². The molecule has 1 fully saturated rings. The number of nitrogens with one attached hydrogen (secondary N) is 2. The summed E-state index contributed by atoms with van der Waals surface area (Å²) in [5.41, 5.74) is 0.0503. The summed E-state index contributed by atoms with van der Waals surface area (Å²) in [5, 5.41) is 13.3. The number of hydrogen-bond donors (Lipinski definition) is 2. The van der Waals surface area contributed by atoms with Gasteiger partial charge in [-0.05, 0) is 6.42 Å². The third-order valence-corrected chi connectivity index (χ3v) is 3.35. The smallest absolute Gasteiger partial charge is 0.287 e. The molecule has 108 valence electrons. The van der Waals surface area contributed by atoms with Gasteiger partial charge in [0.05, 0.1) is 29.4 Å². The highest BCUT2D eigenvalue weighted by molar-refractivity contribution is 5.97. The SMILES string of the molecule is CCC1C(=O)NCCN1CC(=O)c1cc([N+](=O)[O-])c[nH]1. The molecule has 0 spiro atoms. The van der Waals surface area contributed by atoms with E-state index in [9.17, 15) is 19.7 Å². The summed E-state index contributed by atoms with van der Waals surface area (Å²) in [5.74, 6) is -0.338. The van der Waals surface area contributed by atoms with Crippen molar-refractivity contribution >= 4 is 17.4 Å². The first-order valence-corrected chi connectivity index (χ1v) is 6.40. The van der Waals surface area contributed by atoms with Gasteiger partial charge < -0.3 is 10.3 Å². The summed E-state index contributed by atoms with van der Waals surface area (Å²) in [7, 11) is 0. The molecule has 1 aliphatic rings. The predicted molar refractivity (Wildman–Crippen MR) is 70.4 cm³/mol. The Labute approximate surface area is 115 Å². The molecule has 1 unspecified atom stereocenters. The number of carbonyl (C=O) groups excluding carboxylic acids is 2. The number of H-pyrrole nitrogens is 1. The van der Waals surface area contributed by atoms with E-state index in [1.54, 1.807) is 4.90 Å². The van der Waals surface area contributed by atoms with Crippen LogP contribution in [0, 0.1) is 10.1 Å². The molecule has 0 radical (unpaired) electrons. The third kappa shape index (κ3) is 2.85. The second kappa shape index (κ2) is 5.83. The Morgan fingerprint density at radius 1 is 1.60 bits per heavy atom. The van der Waals surface area contributed by atoms with E-state index < -0.39 is 4.92 Å². The van der Waals surface area contributed by atoms with Gasteiger partial charge in [-0.25, -0.2) is 0 Å². The van der Waals surface area contributed by atoms with Crippen LogP contribution in [0.1, 0.15) is 23.8 Å². The fourth-order valence-corrected chi connectivity index (χ4v) is 2.31. The van der Waals surface area contributed by atoms with Gasteiger partial charge in [-0.15, -0.1) is 0 Å². The Bertz CT molecular complexity index is 539. The molecule has 8 heteroatoms. The maximum atomic E-state index is 12.1. The van der Waals surface area contributed by atoms with Gasteiger partial charge in [-0.2, -0.15) is 0 Å². The van der Waals surface area contributed by atoms with Crippen LogP contribution in [0.5, 0.6) is 0 Å². The normalized spacial score (nSPS) is 19.6. The zero-order valence-corrected chi connectivity index (χ0v) is 11.1. The van der Waals surface area contributed by atoms with Crippen molar-refractivity contribution in [2.45, 2.75) is 19.4 Å². The first-order valence-electron chi connectivity index (χ1n) is 6.40. The highest BCUT2D eigenvalue weighted by Crippen LogP contribution is 2.14. The molecule has 0 saturated carbocycles. The van der Waals surface area contributed by atoms with Crippen LogP contribution < -0.4 is 5.32 Å². The van der Waals surface area contributed by atoms with Gasteiger partial charge in [-0.3, -0.25) is 24.6 Å². The Hall–Kier alpha value is -2.22. The van der Waals surface area contributed by atoms with Gasteiger partial charge in [-0.1, -0.05) is 6.92 Å². The van der Waals surface area contributed by atoms with Crippen molar-refractivity contribution in [2.24, 2.45) is 0 Å². The van der Waals surface area contributed by atoms with E-state index in [1.165, 1.54) is 12.3 Å². The molecule has 0 bridgehead atoms. The lowest BCUT2D eigenvalue weighted by molar-refractivity contribution is -0.384. The standard InChI is InChI=1S/C12H16N4O4/c1-2-10-12(18)13-3-4-15(10)7-11(17)9-5-8(6-14-9)16(19)20/h5-6,10,14H,2-4,7H2,1H3,(H,13,18). The topological polar surface area (TPSA) is 108 Å². The Morgan fingerprint density at radius 3 is 2.95 bits per heavy atom. The molecule has 1 atom stereocenters. The molecule has 2 heterocycles. The molecule has 2 rings (SSSR count). The summed E-state index contributed by atoms with van der Waals surface area (Å²) in [6.45, 7) is 3.06. The number of rotatable bonds is 5. The molecule has 2 N–H and O–H groups in total. The van der Waals surface area contributed by atoms with Crippen LogP contribution >= 0.6 is 0 Å². The first-order chi connectivity index (χ1) is 9.52. The Kier molecular flexibility index (Phi) is 4.14. The van der Waals surface area contributed by atoms with Crippen LogP contribution in [-0.4, -0.2) is 52.2 Å². The summed E-state index contributed by atoms with van der Waals surface area (Å²) < 4.78 is 0. The molecule has 1 aromatic rings. The summed E-state index contributed by atoms with van der Waals surface area (Å²) in [4.78, 5) is 38.2. The number of amides is 1. The second-order valence-electron chi connectivity index (χ2n) is 4.64. The summed E-state index contributed by atoms with van der Waals surface area (Å²) in [6.07, 6.45) is 1.80. The second-order valence-corrected chi connectivity index (χ2v) is 4.64. The monoisotopic (exact) mass is 280 g/mol. The van der Waals surface area contributed by atoms with E-state index >= 15 is 0 Å². The van der Waals surface area contributed by atoms with Crippen LogP contribution in [0.4, 0.5) is 5.69 Å². The molecular formula is C12H16N4O4. The van der Waals surface area contributed by atoms with Crippen molar-refractivity contribution in [3.8, 4) is 0 Å². The molecular weight excluding hydrogens is 264 g/mol. The van der Waals surface area contributed by atoms with Crippen molar-refractivity contribution in [3.05, 3.63) is 28.1 Å². The minimum absolute atomic E-state index is 0.0730. The van der Waals surface area contributed by atoms with Crippen molar-refractivity contribution in [3.63, 3.8) is 0 Å². The third-order valence-electron chi connectivity index (χ3n) is 3.35. The lowest BCUT2D eigenvalue weighted by Gasteiger charge is -2.33. The molecule has 8 nitrogen and oxygen atoms in total. The number of hydrogen-bond acceptors (Lipinski definition) is 5. The van der Waals surface area contributed by atoms with Crippen LogP contribution in [0.3, 0.4) is 0 Å². The first kappa shape index (κ1) is 14.2. The van der Waals surface area contributed by atoms with Gasteiger partial charge in [0.2, 0.25) is 5.91 Å². The lowest BCUT2D eigenvalue weighted by atomic mass is 10.1. The minimum atomic E-state index is -0.559. The zero-order chi connectivity index (χ0) is 14.7. The number of Topliss-reactive ketones (excluding diaryl/α,β-unsaturated/α-hetero) is 1. The van der Waals surface area contributed by atoms with E-state index in [1.807, 2.05) is 6.92 Å². The van der Waals surface area contributed by atoms with Crippen LogP contribution in [0.2, 0.25) is 0 Å². The van der Waals surface area contributed by atoms with Crippen molar-refractivity contribution in [1.29, 1.82) is 0 Å². The van der Waals surface area contributed by atoms with E-state index in [4.69, 9.17) is 0 Å². The summed E-state index contributed by atoms with van der Waals surface area (Å²) in [6, 6.07) is 0.894. The molecule has 1 amide bonds. The van der Waals surface area contributed by atoms with Crippen molar-refractivity contribution in [2.75, 3.05) is 19.6 Å². The van der Waals surface area contributed by atoms with Gasteiger partial charge in [0.15, 0.2) is 5.78 Å². The average Bonchev–Trinajstić information content (AvgIpc) is 2.89. The molecule has 1 aliphatic heterocycles. The van der Waals surface area contributed by atoms with Crippen LogP contribution in [0.15, 0.2) is 12.3 Å². The quantitative estimate of drug-likeness (QED) is 0.458. The fourth-order valence-electron chi connectivity index (χ4n) is 2.31. The zero-order valence-electron chi connectivity index (χ0n) is 11.1. The number of piperazine rings is 1. The van der Waals surface area contributed by atoms with Gasteiger partial charge >= 0.3 is 0 Å². The molecule has 0 aromatic carbocycles. The van der Waals surface area contributed by atoms with Gasteiger partial charge in [0, 0.05) is 19.2 Å². The molecule has 1 aromatic heterocycles. The highest BCUT2D eigenvalue weighted by atomic mass is 16.6. The number of aromatic nitrogens is 1. The van der Waals surface area contributed by atoms with E-state index in [2.05, 4.69) is 10.3 Å². The Morgan fingerprint density at radius 2 is 2.35 bits per heavy atom.